The van der Waals surface area contributed by atoms with Crippen LogP contribution in [0.5, 0.6) is 0 Å². The van der Waals surface area contributed by atoms with Gasteiger partial charge in [-0.15, -0.1) is 0 Å². The van der Waals surface area contributed by atoms with Crippen LogP contribution in [0, 0.1) is 12.0 Å². The predicted octanol–water partition coefficient (Wildman–Crippen LogP) is 0.256. The van der Waals surface area contributed by atoms with Gasteiger partial charge in [-0.3, -0.25) is 0 Å². The van der Waals surface area contributed by atoms with Gasteiger partial charge < -0.3 is 5.73 Å². The summed E-state index contributed by atoms with van der Waals surface area (Å²) in [6.45, 7) is 0.298. The Bertz CT molecular complexity index is 252. The van der Waals surface area contributed by atoms with E-state index >= 15 is 0 Å². The van der Waals surface area contributed by atoms with Crippen LogP contribution in [0.2, 0.25) is 0 Å². The van der Waals surface area contributed by atoms with Crippen LogP contribution in [0.3, 0.4) is 0 Å². The van der Waals surface area contributed by atoms with Crippen molar-refractivity contribution in [2.45, 2.75) is 6.42 Å². The smallest absolute Gasteiger partial charge is 0.311 e. The lowest BCUT2D eigenvalue weighted by Gasteiger charge is -1.97. The largest absolute Gasteiger partial charge is 0.330 e. The zero-order valence-corrected chi connectivity index (χ0v) is 5.72. The van der Waals surface area contributed by atoms with Gasteiger partial charge in [-0.25, -0.2) is 4.98 Å². The fraction of sp³-hybridized carbons (Fsp3) is 0.333. The molecular formula is C6H7F2N3. The molecule has 5 heteroatoms. The zero-order chi connectivity index (χ0) is 8.27. The highest BCUT2D eigenvalue weighted by atomic mass is 19.1. The summed E-state index contributed by atoms with van der Waals surface area (Å²) in [4.78, 5) is 6.08. The molecule has 0 spiro atoms. The van der Waals surface area contributed by atoms with E-state index < -0.39 is 12.0 Å². The minimum absolute atomic E-state index is 0.244. The molecule has 0 fully saturated rings. The molecule has 1 aromatic rings. The molecule has 0 bridgehead atoms. The van der Waals surface area contributed by atoms with Crippen LogP contribution >= 0.6 is 0 Å². The van der Waals surface area contributed by atoms with E-state index in [9.17, 15) is 8.78 Å². The Labute approximate surface area is 62.3 Å². The molecule has 0 aliphatic carbocycles. The Morgan fingerprint density at radius 1 is 1.45 bits per heavy atom. The van der Waals surface area contributed by atoms with Gasteiger partial charge >= 0.3 is 6.08 Å². The van der Waals surface area contributed by atoms with Crippen molar-refractivity contribution in [3.8, 4) is 0 Å². The highest BCUT2D eigenvalue weighted by Gasteiger charge is 2.04. The summed E-state index contributed by atoms with van der Waals surface area (Å²) >= 11 is 0. The van der Waals surface area contributed by atoms with Gasteiger partial charge in [0.1, 0.15) is 0 Å². The quantitative estimate of drug-likeness (QED) is 0.497. The molecule has 0 aliphatic heterocycles. The van der Waals surface area contributed by atoms with Crippen molar-refractivity contribution in [2.24, 2.45) is 5.73 Å². The average molecular weight is 159 g/mol. The third-order valence-corrected chi connectivity index (χ3v) is 1.20. The first-order chi connectivity index (χ1) is 5.24. The van der Waals surface area contributed by atoms with Crippen molar-refractivity contribution < 1.29 is 8.78 Å². The van der Waals surface area contributed by atoms with Gasteiger partial charge in [-0.1, -0.05) is 0 Å². The first-order valence-corrected chi connectivity index (χ1v) is 3.11. The zero-order valence-electron chi connectivity index (χ0n) is 5.72. The van der Waals surface area contributed by atoms with Crippen molar-refractivity contribution in [1.82, 2.24) is 9.97 Å². The van der Waals surface area contributed by atoms with Crippen LogP contribution < -0.4 is 5.73 Å². The summed E-state index contributed by atoms with van der Waals surface area (Å²) < 4.78 is 24.7. The molecule has 0 aliphatic rings. The van der Waals surface area contributed by atoms with Crippen molar-refractivity contribution in [1.29, 1.82) is 0 Å². The number of aromatic nitrogens is 2. The summed E-state index contributed by atoms with van der Waals surface area (Å²) in [5.41, 5.74) is 5.40. The van der Waals surface area contributed by atoms with Crippen LogP contribution in [0.15, 0.2) is 6.20 Å². The molecule has 0 aromatic carbocycles. The third kappa shape index (κ3) is 1.91. The SMILES string of the molecule is NCCc1cnc(F)nc1F. The molecule has 11 heavy (non-hydrogen) atoms. The van der Waals surface area contributed by atoms with E-state index in [1.165, 1.54) is 0 Å². The van der Waals surface area contributed by atoms with E-state index in [1.54, 1.807) is 0 Å². The van der Waals surface area contributed by atoms with Gasteiger partial charge in [0.15, 0.2) is 0 Å². The van der Waals surface area contributed by atoms with Crippen molar-refractivity contribution in [3.05, 3.63) is 23.8 Å². The Hall–Kier alpha value is -1.10. The van der Waals surface area contributed by atoms with Gasteiger partial charge in [0.05, 0.1) is 0 Å². The molecule has 0 saturated carbocycles. The molecule has 0 amide bonds. The lowest BCUT2D eigenvalue weighted by atomic mass is 10.2. The van der Waals surface area contributed by atoms with Crippen molar-refractivity contribution >= 4 is 0 Å². The van der Waals surface area contributed by atoms with E-state index in [0.717, 1.165) is 6.20 Å². The molecule has 60 valence electrons. The summed E-state index contributed by atoms with van der Waals surface area (Å²) in [6, 6.07) is 0. The number of halogens is 2. The fourth-order valence-corrected chi connectivity index (χ4v) is 0.689. The number of hydrogen-bond donors (Lipinski definition) is 1. The van der Waals surface area contributed by atoms with Gasteiger partial charge in [-0.2, -0.15) is 13.8 Å². The van der Waals surface area contributed by atoms with E-state index in [2.05, 4.69) is 9.97 Å². The molecule has 1 aromatic heterocycles. The normalized spacial score (nSPS) is 10.1. The number of nitrogens with two attached hydrogens (primary N) is 1. The highest BCUT2D eigenvalue weighted by Crippen LogP contribution is 2.02. The maximum absolute atomic E-state index is 12.6. The van der Waals surface area contributed by atoms with E-state index in [4.69, 9.17) is 5.73 Å². The van der Waals surface area contributed by atoms with Crippen molar-refractivity contribution in [3.63, 3.8) is 0 Å². The van der Waals surface area contributed by atoms with Gasteiger partial charge in [-0.05, 0) is 13.0 Å². The van der Waals surface area contributed by atoms with Crippen LogP contribution in [0.4, 0.5) is 8.78 Å². The summed E-state index contributed by atoms with van der Waals surface area (Å²) in [5.74, 6) is -0.831. The van der Waals surface area contributed by atoms with Crippen LogP contribution in [-0.2, 0) is 6.42 Å². The summed E-state index contributed by atoms with van der Waals surface area (Å²) in [6.07, 6.45) is 0.375. The second kappa shape index (κ2) is 3.34. The van der Waals surface area contributed by atoms with Crippen LogP contribution in [-0.4, -0.2) is 16.5 Å². The summed E-state index contributed by atoms with van der Waals surface area (Å²) in [5, 5.41) is 0. The lowest BCUT2D eigenvalue weighted by Crippen LogP contribution is -2.07. The van der Waals surface area contributed by atoms with Crippen LogP contribution in [0.1, 0.15) is 5.56 Å². The van der Waals surface area contributed by atoms with Gasteiger partial charge in [0, 0.05) is 11.8 Å². The minimum atomic E-state index is -1.05. The van der Waals surface area contributed by atoms with E-state index in [0.29, 0.717) is 13.0 Å². The Morgan fingerprint density at radius 3 is 2.73 bits per heavy atom. The fourth-order valence-electron chi connectivity index (χ4n) is 0.689. The molecule has 0 radical (unpaired) electrons. The van der Waals surface area contributed by atoms with Gasteiger partial charge in [0.25, 0.3) is 0 Å². The van der Waals surface area contributed by atoms with E-state index in [1.807, 2.05) is 0 Å². The van der Waals surface area contributed by atoms with E-state index in [-0.39, 0.29) is 5.56 Å². The molecule has 0 unspecified atom stereocenters. The highest BCUT2D eigenvalue weighted by molar-refractivity contribution is 5.05. The molecule has 3 nitrogen and oxygen atoms in total. The van der Waals surface area contributed by atoms with Crippen molar-refractivity contribution in [2.75, 3.05) is 6.54 Å². The lowest BCUT2D eigenvalue weighted by molar-refractivity contribution is 0.473. The van der Waals surface area contributed by atoms with Crippen LogP contribution in [0.25, 0.3) is 0 Å². The number of hydrogen-bond acceptors (Lipinski definition) is 3. The number of nitrogens with zero attached hydrogens (tertiary/aromatic N) is 2. The molecule has 0 saturated heterocycles. The second-order valence-electron chi connectivity index (χ2n) is 1.99. The Balaban J connectivity index is 2.90. The summed E-state index contributed by atoms with van der Waals surface area (Å²) in [7, 11) is 0. The Kier molecular flexibility index (Phi) is 2.43. The molecule has 1 heterocycles. The standard InChI is InChI=1S/C6H7F2N3/c7-5-4(1-2-9)3-10-6(8)11-5/h3H,1-2,9H2. The monoisotopic (exact) mass is 159 g/mol. The molecule has 0 atom stereocenters. The maximum Gasteiger partial charge on any atom is 0.311 e. The molecular weight excluding hydrogens is 152 g/mol. The number of rotatable bonds is 2. The minimum Gasteiger partial charge on any atom is -0.330 e. The first kappa shape index (κ1) is 8.00. The molecule has 1 rings (SSSR count). The third-order valence-electron chi connectivity index (χ3n) is 1.20. The van der Waals surface area contributed by atoms with Gasteiger partial charge in [0.2, 0.25) is 5.95 Å². The topological polar surface area (TPSA) is 51.8 Å². The Morgan fingerprint density at radius 2 is 2.18 bits per heavy atom. The average Bonchev–Trinajstić information content (AvgIpc) is 1.95. The molecule has 2 N–H and O–H groups in total. The second-order valence-corrected chi connectivity index (χ2v) is 1.99. The maximum atomic E-state index is 12.6. The predicted molar refractivity (Wildman–Crippen MR) is 34.7 cm³/mol. The first-order valence-electron chi connectivity index (χ1n) is 3.11.